The van der Waals surface area contributed by atoms with E-state index < -0.39 is 41.0 Å². The molecule has 1 rings (SSSR count). The fourth-order valence-electron chi connectivity index (χ4n) is 1.05. The number of phenolic OH excluding ortho intramolecular Hbond substituents is 1. The lowest BCUT2D eigenvalue weighted by molar-refractivity contribution is -0.116. The number of halogens is 3. The molecule has 0 unspecified atom stereocenters. The number of carbonyl (C=O) groups excluding carboxylic acids is 1. The Bertz CT molecular complexity index is 362. The van der Waals surface area contributed by atoms with Gasteiger partial charge in [0.05, 0.1) is 0 Å². The average molecular weight is 204 g/mol. The Hall–Kier alpha value is -1.52. The number of carbonyl (C=O) groups is 1. The maximum absolute atomic E-state index is 13.0. The molecule has 0 fully saturated rings. The van der Waals surface area contributed by atoms with E-state index in [0.717, 1.165) is 6.92 Å². The SMILES string of the molecule is CC(=O)Cc1c(F)c(O)cc(F)c1F. The molecule has 76 valence electrons. The second-order valence-corrected chi connectivity index (χ2v) is 2.86. The highest BCUT2D eigenvalue weighted by atomic mass is 19.2. The van der Waals surface area contributed by atoms with E-state index in [4.69, 9.17) is 5.11 Å². The average Bonchev–Trinajstić information content (AvgIpc) is 2.09. The lowest BCUT2D eigenvalue weighted by Gasteiger charge is -2.05. The van der Waals surface area contributed by atoms with Crippen LogP contribution in [0.1, 0.15) is 12.5 Å². The minimum absolute atomic E-state index is 0.328. The largest absolute Gasteiger partial charge is 0.505 e. The minimum atomic E-state index is -1.43. The van der Waals surface area contributed by atoms with Crippen molar-refractivity contribution in [3.8, 4) is 5.75 Å². The molecular formula is C9H7F3O2. The highest BCUT2D eigenvalue weighted by Crippen LogP contribution is 2.25. The summed E-state index contributed by atoms with van der Waals surface area (Å²) in [6, 6.07) is 0.328. The summed E-state index contributed by atoms with van der Waals surface area (Å²) in [7, 11) is 0. The van der Waals surface area contributed by atoms with E-state index in [-0.39, 0.29) is 0 Å². The summed E-state index contributed by atoms with van der Waals surface area (Å²) in [6.45, 7) is 1.11. The molecule has 14 heavy (non-hydrogen) atoms. The van der Waals surface area contributed by atoms with Crippen LogP contribution in [0.15, 0.2) is 6.07 Å². The number of aromatic hydroxyl groups is 1. The van der Waals surface area contributed by atoms with E-state index in [1.807, 2.05) is 0 Å². The zero-order chi connectivity index (χ0) is 10.9. The zero-order valence-electron chi connectivity index (χ0n) is 7.27. The summed E-state index contributed by atoms with van der Waals surface area (Å²) < 4.78 is 38.6. The Morgan fingerprint density at radius 2 is 1.93 bits per heavy atom. The number of benzene rings is 1. The molecule has 0 aliphatic rings. The van der Waals surface area contributed by atoms with Crippen LogP contribution >= 0.6 is 0 Å². The highest BCUT2D eigenvalue weighted by Gasteiger charge is 2.19. The minimum Gasteiger partial charge on any atom is -0.505 e. The van der Waals surface area contributed by atoms with Gasteiger partial charge in [0.15, 0.2) is 23.2 Å². The van der Waals surface area contributed by atoms with E-state index in [9.17, 15) is 18.0 Å². The quantitative estimate of drug-likeness (QED) is 0.747. The first-order chi connectivity index (χ1) is 6.43. The fourth-order valence-corrected chi connectivity index (χ4v) is 1.05. The Morgan fingerprint density at radius 1 is 1.36 bits per heavy atom. The number of hydrogen-bond donors (Lipinski definition) is 1. The van der Waals surface area contributed by atoms with Crippen molar-refractivity contribution in [2.24, 2.45) is 0 Å². The smallest absolute Gasteiger partial charge is 0.171 e. The number of hydrogen-bond acceptors (Lipinski definition) is 2. The van der Waals surface area contributed by atoms with Crippen molar-refractivity contribution in [1.29, 1.82) is 0 Å². The van der Waals surface area contributed by atoms with Crippen molar-refractivity contribution < 1.29 is 23.1 Å². The van der Waals surface area contributed by atoms with Crippen molar-refractivity contribution in [2.45, 2.75) is 13.3 Å². The standard InChI is InChI=1S/C9H7F3O2/c1-4(13)2-5-8(11)6(10)3-7(14)9(5)12/h3,14H,2H2,1H3. The maximum atomic E-state index is 13.0. The molecule has 0 saturated carbocycles. The molecular weight excluding hydrogens is 197 g/mol. The van der Waals surface area contributed by atoms with Crippen molar-refractivity contribution in [3.05, 3.63) is 29.1 Å². The van der Waals surface area contributed by atoms with Crippen LogP contribution in [-0.2, 0) is 11.2 Å². The van der Waals surface area contributed by atoms with E-state index in [2.05, 4.69) is 0 Å². The number of phenols is 1. The van der Waals surface area contributed by atoms with Gasteiger partial charge in [0.25, 0.3) is 0 Å². The molecule has 0 amide bonds. The first kappa shape index (κ1) is 10.6. The third-order valence-electron chi connectivity index (χ3n) is 1.65. The molecule has 0 spiro atoms. The Labute approximate surface area is 78.0 Å². The molecule has 0 bridgehead atoms. The molecule has 2 nitrogen and oxygen atoms in total. The van der Waals surface area contributed by atoms with E-state index in [1.54, 1.807) is 0 Å². The van der Waals surface area contributed by atoms with Gasteiger partial charge in [-0.25, -0.2) is 13.2 Å². The van der Waals surface area contributed by atoms with Crippen molar-refractivity contribution in [2.75, 3.05) is 0 Å². The molecule has 0 atom stereocenters. The predicted molar refractivity (Wildman–Crippen MR) is 42.4 cm³/mol. The molecule has 0 aliphatic heterocycles. The first-order valence-corrected chi connectivity index (χ1v) is 3.78. The van der Waals surface area contributed by atoms with Gasteiger partial charge in [0, 0.05) is 18.1 Å². The molecule has 0 radical (unpaired) electrons. The second kappa shape index (κ2) is 3.69. The summed E-state index contributed by atoms with van der Waals surface area (Å²) >= 11 is 0. The Kier molecular flexibility index (Phi) is 2.78. The van der Waals surface area contributed by atoms with Gasteiger partial charge in [0.1, 0.15) is 5.78 Å². The monoisotopic (exact) mass is 204 g/mol. The van der Waals surface area contributed by atoms with E-state index in [1.165, 1.54) is 0 Å². The van der Waals surface area contributed by atoms with Gasteiger partial charge in [-0.05, 0) is 6.92 Å². The highest BCUT2D eigenvalue weighted by molar-refractivity contribution is 5.78. The lowest BCUT2D eigenvalue weighted by atomic mass is 10.1. The lowest BCUT2D eigenvalue weighted by Crippen LogP contribution is -2.05. The third kappa shape index (κ3) is 1.86. The van der Waals surface area contributed by atoms with Crippen LogP contribution in [0.3, 0.4) is 0 Å². The van der Waals surface area contributed by atoms with Crippen LogP contribution in [0.25, 0.3) is 0 Å². The molecule has 1 aromatic rings. The van der Waals surface area contributed by atoms with Crippen LogP contribution < -0.4 is 0 Å². The van der Waals surface area contributed by atoms with Gasteiger partial charge in [0.2, 0.25) is 0 Å². The van der Waals surface area contributed by atoms with Crippen LogP contribution in [0.4, 0.5) is 13.2 Å². The molecule has 0 aliphatic carbocycles. The van der Waals surface area contributed by atoms with E-state index >= 15 is 0 Å². The molecule has 1 aromatic carbocycles. The molecule has 0 heterocycles. The number of Topliss-reactive ketones (excluding diaryl/α,β-unsaturated/α-hetero) is 1. The second-order valence-electron chi connectivity index (χ2n) is 2.86. The van der Waals surface area contributed by atoms with Crippen LogP contribution in [0.5, 0.6) is 5.75 Å². The van der Waals surface area contributed by atoms with Crippen molar-refractivity contribution in [1.82, 2.24) is 0 Å². The van der Waals surface area contributed by atoms with Crippen molar-refractivity contribution >= 4 is 5.78 Å². The summed E-state index contributed by atoms with van der Waals surface area (Å²) in [5.74, 6) is -5.62. The van der Waals surface area contributed by atoms with E-state index in [0.29, 0.717) is 6.07 Å². The third-order valence-corrected chi connectivity index (χ3v) is 1.65. The fraction of sp³-hybridized carbons (Fsp3) is 0.222. The molecule has 0 aromatic heterocycles. The molecule has 0 saturated heterocycles. The van der Waals surface area contributed by atoms with Crippen LogP contribution in [-0.4, -0.2) is 10.9 Å². The first-order valence-electron chi connectivity index (χ1n) is 3.78. The predicted octanol–water partition coefficient (Wildman–Crippen LogP) is 1.94. The van der Waals surface area contributed by atoms with Crippen LogP contribution in [0, 0.1) is 17.5 Å². The Balaban J connectivity index is 3.31. The van der Waals surface area contributed by atoms with Crippen LogP contribution in [0.2, 0.25) is 0 Å². The van der Waals surface area contributed by atoms with Gasteiger partial charge >= 0.3 is 0 Å². The normalized spacial score (nSPS) is 10.3. The zero-order valence-corrected chi connectivity index (χ0v) is 7.27. The Morgan fingerprint density at radius 3 is 2.43 bits per heavy atom. The van der Waals surface area contributed by atoms with Gasteiger partial charge in [-0.2, -0.15) is 0 Å². The maximum Gasteiger partial charge on any atom is 0.171 e. The van der Waals surface area contributed by atoms with Crippen molar-refractivity contribution in [3.63, 3.8) is 0 Å². The van der Waals surface area contributed by atoms with Gasteiger partial charge in [-0.15, -0.1) is 0 Å². The van der Waals surface area contributed by atoms with Gasteiger partial charge in [-0.3, -0.25) is 4.79 Å². The summed E-state index contributed by atoms with van der Waals surface area (Å²) in [4.78, 5) is 10.6. The number of ketones is 1. The van der Waals surface area contributed by atoms with Gasteiger partial charge in [-0.1, -0.05) is 0 Å². The van der Waals surface area contributed by atoms with Gasteiger partial charge < -0.3 is 5.11 Å². The summed E-state index contributed by atoms with van der Waals surface area (Å²) in [6.07, 6.45) is -0.580. The molecule has 5 heteroatoms. The molecule has 1 N–H and O–H groups in total. The summed E-state index contributed by atoms with van der Waals surface area (Å²) in [5.41, 5.74) is -0.741. The summed E-state index contributed by atoms with van der Waals surface area (Å²) in [5, 5.41) is 8.83. The topological polar surface area (TPSA) is 37.3 Å². The number of rotatable bonds is 2.